The van der Waals surface area contributed by atoms with E-state index in [9.17, 15) is 4.79 Å². The zero-order valence-corrected chi connectivity index (χ0v) is 14.8. The normalized spacial score (nSPS) is 20.8. The molecule has 1 aliphatic rings. The molecule has 4 nitrogen and oxygen atoms in total. The summed E-state index contributed by atoms with van der Waals surface area (Å²) in [5, 5.41) is 0.949. The molecule has 2 heterocycles. The fourth-order valence-electron chi connectivity index (χ4n) is 2.90. The molecule has 0 aliphatic carbocycles. The molecule has 1 aromatic heterocycles. The van der Waals surface area contributed by atoms with Crippen molar-refractivity contribution in [2.24, 2.45) is 5.92 Å². The molecule has 1 aliphatic heterocycles. The van der Waals surface area contributed by atoms with E-state index in [2.05, 4.69) is 11.9 Å². The molecule has 5 heteroatoms. The van der Waals surface area contributed by atoms with Gasteiger partial charge in [-0.2, -0.15) is 0 Å². The number of amides is 1. The predicted octanol–water partition coefficient (Wildman–Crippen LogP) is 3.73. The van der Waals surface area contributed by atoms with Crippen LogP contribution < -0.4 is 0 Å². The lowest BCUT2D eigenvalue weighted by molar-refractivity contribution is -0.00156. The second-order valence-corrected chi connectivity index (χ2v) is 7.18. The van der Waals surface area contributed by atoms with Crippen molar-refractivity contribution >= 4 is 17.7 Å². The maximum atomic E-state index is 12.7. The van der Waals surface area contributed by atoms with Crippen LogP contribution in [0, 0.1) is 5.92 Å². The van der Waals surface area contributed by atoms with Crippen LogP contribution in [0.4, 0.5) is 0 Å². The number of carbonyl (C=O) groups excluding carboxylic acids is 1. The van der Waals surface area contributed by atoms with Crippen molar-refractivity contribution in [1.82, 2.24) is 9.88 Å². The summed E-state index contributed by atoms with van der Waals surface area (Å²) in [6, 6.07) is 13.6. The number of aromatic nitrogens is 1. The molecule has 1 aromatic carbocycles. The van der Waals surface area contributed by atoms with Gasteiger partial charge in [0, 0.05) is 36.9 Å². The fraction of sp³-hybridized carbons (Fsp3) is 0.368. The Morgan fingerprint density at radius 2 is 2.04 bits per heavy atom. The maximum Gasteiger partial charge on any atom is 0.253 e. The van der Waals surface area contributed by atoms with Crippen molar-refractivity contribution in [2.45, 2.75) is 29.4 Å². The highest BCUT2D eigenvalue weighted by atomic mass is 32.2. The summed E-state index contributed by atoms with van der Waals surface area (Å²) >= 11 is 1.59. The first-order valence-electron chi connectivity index (χ1n) is 8.18. The highest BCUT2D eigenvalue weighted by Gasteiger charge is 2.29. The van der Waals surface area contributed by atoms with Gasteiger partial charge in [-0.3, -0.25) is 4.79 Å². The van der Waals surface area contributed by atoms with Gasteiger partial charge < -0.3 is 9.64 Å². The lowest BCUT2D eigenvalue weighted by Gasteiger charge is -2.36. The molecule has 0 N–H and O–H groups in total. The molecule has 1 amide bonds. The third-order valence-corrected chi connectivity index (χ3v) is 5.40. The maximum absolute atomic E-state index is 12.7. The topological polar surface area (TPSA) is 42.4 Å². The minimum atomic E-state index is 0.0818. The first kappa shape index (κ1) is 17.0. The van der Waals surface area contributed by atoms with E-state index >= 15 is 0 Å². The van der Waals surface area contributed by atoms with E-state index in [1.807, 2.05) is 47.4 Å². The smallest absolute Gasteiger partial charge is 0.253 e. The minimum Gasteiger partial charge on any atom is -0.379 e. The van der Waals surface area contributed by atoms with Crippen LogP contribution in [0.2, 0.25) is 0 Å². The van der Waals surface area contributed by atoms with E-state index in [1.54, 1.807) is 25.1 Å². The van der Waals surface area contributed by atoms with Gasteiger partial charge in [0.25, 0.3) is 5.91 Å². The molecule has 24 heavy (non-hydrogen) atoms. The molecule has 3 rings (SSSR count). The van der Waals surface area contributed by atoms with E-state index in [0.717, 1.165) is 28.5 Å². The second kappa shape index (κ2) is 7.81. The number of methoxy groups -OCH3 is 1. The van der Waals surface area contributed by atoms with Crippen LogP contribution in [0.15, 0.2) is 58.6 Å². The number of hydrogen-bond acceptors (Lipinski definition) is 4. The standard InChI is InChI=1S/C19H22N2O2S/c1-14-10-12-21(13-17(14)23-2)19(22)15-6-8-16(9-7-15)24-18-5-3-4-11-20-18/h3-9,11,14,17H,10,12-13H2,1-2H3/t14-,17-/m0/s1. The van der Waals surface area contributed by atoms with Crippen LogP contribution >= 0.6 is 11.8 Å². The number of rotatable bonds is 4. The van der Waals surface area contributed by atoms with Crippen LogP contribution in [-0.2, 0) is 4.74 Å². The Bertz CT molecular complexity index is 676. The predicted molar refractivity (Wildman–Crippen MR) is 95.3 cm³/mol. The molecule has 2 atom stereocenters. The quantitative estimate of drug-likeness (QED) is 0.849. The van der Waals surface area contributed by atoms with Gasteiger partial charge in [-0.1, -0.05) is 24.8 Å². The Hall–Kier alpha value is -1.85. The van der Waals surface area contributed by atoms with Crippen molar-refractivity contribution in [3.63, 3.8) is 0 Å². The molecule has 1 saturated heterocycles. The number of benzene rings is 1. The van der Waals surface area contributed by atoms with E-state index in [1.165, 1.54) is 0 Å². The first-order valence-corrected chi connectivity index (χ1v) is 9.00. The number of ether oxygens (including phenoxy) is 1. The highest BCUT2D eigenvalue weighted by molar-refractivity contribution is 7.99. The monoisotopic (exact) mass is 342 g/mol. The summed E-state index contributed by atoms with van der Waals surface area (Å²) in [5.41, 5.74) is 0.727. The van der Waals surface area contributed by atoms with Crippen LogP contribution in [0.25, 0.3) is 0 Å². The van der Waals surface area contributed by atoms with Crippen molar-refractivity contribution in [3.8, 4) is 0 Å². The second-order valence-electron chi connectivity index (χ2n) is 6.09. The van der Waals surface area contributed by atoms with Gasteiger partial charge in [0.05, 0.1) is 6.10 Å². The summed E-state index contributed by atoms with van der Waals surface area (Å²) in [7, 11) is 1.72. The Kier molecular flexibility index (Phi) is 5.53. The van der Waals surface area contributed by atoms with Crippen LogP contribution in [-0.4, -0.2) is 42.1 Å². The Labute approximate surface area is 147 Å². The molecule has 0 bridgehead atoms. The van der Waals surface area contributed by atoms with E-state index in [4.69, 9.17) is 4.74 Å². The van der Waals surface area contributed by atoms with Gasteiger partial charge in [0.15, 0.2) is 0 Å². The fourth-order valence-corrected chi connectivity index (χ4v) is 3.68. The number of pyridine rings is 1. The van der Waals surface area contributed by atoms with Gasteiger partial charge in [-0.05, 0) is 48.7 Å². The zero-order chi connectivity index (χ0) is 16.9. The molecule has 1 fully saturated rings. The number of piperidine rings is 1. The van der Waals surface area contributed by atoms with Crippen LogP contribution in [0.3, 0.4) is 0 Å². The van der Waals surface area contributed by atoms with Gasteiger partial charge in [0.1, 0.15) is 5.03 Å². The van der Waals surface area contributed by atoms with Gasteiger partial charge >= 0.3 is 0 Å². The van der Waals surface area contributed by atoms with Crippen molar-refractivity contribution < 1.29 is 9.53 Å². The number of carbonyl (C=O) groups is 1. The Morgan fingerprint density at radius 3 is 2.71 bits per heavy atom. The van der Waals surface area contributed by atoms with Crippen LogP contribution in [0.1, 0.15) is 23.7 Å². The Morgan fingerprint density at radius 1 is 1.25 bits per heavy atom. The van der Waals surface area contributed by atoms with Crippen LogP contribution in [0.5, 0.6) is 0 Å². The molecule has 0 spiro atoms. The zero-order valence-electron chi connectivity index (χ0n) is 14.0. The lowest BCUT2D eigenvalue weighted by atomic mass is 9.95. The molecule has 0 saturated carbocycles. The summed E-state index contributed by atoms with van der Waals surface area (Å²) in [4.78, 5) is 20.0. The lowest BCUT2D eigenvalue weighted by Crippen LogP contribution is -2.46. The number of hydrogen-bond donors (Lipinski definition) is 0. The molecular weight excluding hydrogens is 320 g/mol. The number of nitrogens with zero attached hydrogens (tertiary/aromatic N) is 2. The Balaban J connectivity index is 1.66. The summed E-state index contributed by atoms with van der Waals surface area (Å²) < 4.78 is 5.50. The third kappa shape index (κ3) is 3.97. The SMILES string of the molecule is CO[C@H]1CN(C(=O)c2ccc(Sc3ccccn3)cc2)CC[C@@H]1C. The van der Waals surface area contributed by atoms with Crippen molar-refractivity contribution in [2.75, 3.05) is 20.2 Å². The molecule has 0 radical (unpaired) electrons. The van der Waals surface area contributed by atoms with E-state index in [-0.39, 0.29) is 12.0 Å². The van der Waals surface area contributed by atoms with E-state index in [0.29, 0.717) is 12.5 Å². The minimum absolute atomic E-state index is 0.0818. The molecule has 2 aromatic rings. The van der Waals surface area contributed by atoms with Gasteiger partial charge in [-0.25, -0.2) is 4.98 Å². The highest BCUT2D eigenvalue weighted by Crippen LogP contribution is 2.26. The van der Waals surface area contributed by atoms with E-state index < -0.39 is 0 Å². The van der Waals surface area contributed by atoms with Gasteiger partial charge in [0.2, 0.25) is 0 Å². The average Bonchev–Trinajstić information content (AvgIpc) is 2.63. The average molecular weight is 342 g/mol. The molecular formula is C19H22N2O2S. The first-order chi connectivity index (χ1) is 11.7. The third-order valence-electron chi connectivity index (χ3n) is 4.44. The summed E-state index contributed by atoms with van der Waals surface area (Å²) in [6.45, 7) is 3.64. The molecule has 126 valence electrons. The summed E-state index contributed by atoms with van der Waals surface area (Å²) in [6.07, 6.45) is 2.89. The largest absolute Gasteiger partial charge is 0.379 e. The molecule has 0 unspecified atom stereocenters. The summed E-state index contributed by atoms with van der Waals surface area (Å²) in [5.74, 6) is 0.578. The van der Waals surface area contributed by atoms with Crippen molar-refractivity contribution in [3.05, 3.63) is 54.2 Å². The number of likely N-dealkylation sites (tertiary alicyclic amines) is 1. The van der Waals surface area contributed by atoms with Gasteiger partial charge in [-0.15, -0.1) is 0 Å². The van der Waals surface area contributed by atoms with Crippen molar-refractivity contribution in [1.29, 1.82) is 0 Å².